The summed E-state index contributed by atoms with van der Waals surface area (Å²) in [6, 6.07) is 9.89. The van der Waals surface area contributed by atoms with Gasteiger partial charge in [0.05, 0.1) is 5.41 Å². The van der Waals surface area contributed by atoms with Crippen LogP contribution in [0.25, 0.3) is 0 Å². The third-order valence-corrected chi connectivity index (χ3v) is 4.67. The SMILES string of the molecule is CC(C=O)(Cc1ccc2c(c1)OCCO2)c1cccs1. The van der Waals surface area contributed by atoms with Crippen molar-refractivity contribution in [2.45, 2.75) is 18.8 Å². The van der Waals surface area contributed by atoms with E-state index >= 15 is 0 Å². The monoisotopic (exact) mass is 288 g/mol. The Balaban J connectivity index is 1.88. The smallest absolute Gasteiger partial charge is 0.161 e. The van der Waals surface area contributed by atoms with Crippen LogP contribution in [0.1, 0.15) is 17.4 Å². The summed E-state index contributed by atoms with van der Waals surface area (Å²) in [5.74, 6) is 1.55. The van der Waals surface area contributed by atoms with Crippen molar-refractivity contribution in [1.29, 1.82) is 0 Å². The van der Waals surface area contributed by atoms with E-state index in [1.807, 2.05) is 42.6 Å². The molecule has 1 atom stereocenters. The summed E-state index contributed by atoms with van der Waals surface area (Å²) in [4.78, 5) is 12.7. The van der Waals surface area contributed by atoms with Gasteiger partial charge >= 0.3 is 0 Å². The van der Waals surface area contributed by atoms with Crippen LogP contribution in [0.3, 0.4) is 0 Å². The van der Waals surface area contributed by atoms with E-state index in [1.165, 1.54) is 0 Å². The number of aldehydes is 1. The highest BCUT2D eigenvalue weighted by atomic mass is 32.1. The van der Waals surface area contributed by atoms with Crippen molar-refractivity contribution in [3.63, 3.8) is 0 Å². The normalized spacial score (nSPS) is 16.4. The van der Waals surface area contributed by atoms with Crippen molar-refractivity contribution in [2.75, 3.05) is 13.2 Å². The summed E-state index contributed by atoms with van der Waals surface area (Å²) in [7, 11) is 0. The molecule has 0 saturated carbocycles. The summed E-state index contributed by atoms with van der Waals surface area (Å²) >= 11 is 1.62. The van der Waals surface area contributed by atoms with Gasteiger partial charge in [-0.3, -0.25) is 0 Å². The van der Waals surface area contributed by atoms with Gasteiger partial charge in [0.25, 0.3) is 0 Å². The van der Waals surface area contributed by atoms with Crippen LogP contribution >= 0.6 is 11.3 Å². The molecule has 1 aromatic heterocycles. The van der Waals surface area contributed by atoms with Crippen molar-refractivity contribution >= 4 is 17.6 Å². The van der Waals surface area contributed by atoms with Crippen molar-refractivity contribution in [1.82, 2.24) is 0 Å². The number of thiophene rings is 1. The maximum absolute atomic E-state index is 11.6. The standard InChI is InChI=1S/C16H16O3S/c1-16(11-17,15-3-2-8-20-15)10-12-4-5-13-14(9-12)19-7-6-18-13/h2-5,8-9,11H,6-7,10H2,1H3. The Kier molecular flexibility index (Phi) is 3.49. The Morgan fingerprint density at radius 3 is 2.75 bits per heavy atom. The first-order valence-corrected chi connectivity index (χ1v) is 7.48. The predicted octanol–water partition coefficient (Wildman–Crippen LogP) is 3.22. The molecule has 0 fully saturated rings. The van der Waals surface area contributed by atoms with Gasteiger partial charge in [0.1, 0.15) is 19.5 Å². The Labute approximate surface area is 122 Å². The highest BCUT2D eigenvalue weighted by Crippen LogP contribution is 2.35. The van der Waals surface area contributed by atoms with E-state index in [-0.39, 0.29) is 0 Å². The number of carbonyl (C=O) groups excluding carboxylic acids is 1. The minimum absolute atomic E-state index is 0.488. The molecule has 0 aliphatic carbocycles. The number of ether oxygens (including phenoxy) is 2. The fourth-order valence-electron chi connectivity index (χ4n) is 2.41. The molecule has 104 valence electrons. The predicted molar refractivity (Wildman–Crippen MR) is 78.9 cm³/mol. The number of benzene rings is 1. The molecule has 3 nitrogen and oxygen atoms in total. The lowest BCUT2D eigenvalue weighted by atomic mass is 9.83. The average molecular weight is 288 g/mol. The second-order valence-corrected chi connectivity index (χ2v) is 6.12. The van der Waals surface area contributed by atoms with Gasteiger partial charge in [-0.05, 0) is 42.5 Å². The van der Waals surface area contributed by atoms with Crippen molar-refractivity contribution in [3.05, 3.63) is 46.2 Å². The minimum Gasteiger partial charge on any atom is -0.486 e. The third-order valence-electron chi connectivity index (χ3n) is 3.52. The number of hydrogen-bond acceptors (Lipinski definition) is 4. The van der Waals surface area contributed by atoms with Gasteiger partial charge in [-0.1, -0.05) is 12.1 Å². The summed E-state index contributed by atoms with van der Waals surface area (Å²) in [5, 5.41) is 2.00. The van der Waals surface area contributed by atoms with E-state index in [0.29, 0.717) is 19.6 Å². The molecule has 0 radical (unpaired) electrons. The molecule has 1 unspecified atom stereocenters. The first kappa shape index (κ1) is 13.2. The van der Waals surface area contributed by atoms with E-state index in [9.17, 15) is 4.79 Å². The van der Waals surface area contributed by atoms with Gasteiger partial charge in [-0.2, -0.15) is 0 Å². The van der Waals surface area contributed by atoms with Crippen molar-refractivity contribution in [2.24, 2.45) is 0 Å². The van der Waals surface area contributed by atoms with Gasteiger partial charge in [0, 0.05) is 4.88 Å². The lowest BCUT2D eigenvalue weighted by Crippen LogP contribution is -2.25. The summed E-state index contributed by atoms with van der Waals surface area (Å²) < 4.78 is 11.1. The zero-order chi connectivity index (χ0) is 14.0. The number of fused-ring (bicyclic) bond motifs is 1. The summed E-state index contributed by atoms with van der Waals surface area (Å²) in [6.45, 7) is 3.14. The fraction of sp³-hybridized carbons (Fsp3) is 0.312. The minimum atomic E-state index is -0.488. The lowest BCUT2D eigenvalue weighted by Gasteiger charge is -2.23. The Morgan fingerprint density at radius 2 is 2.05 bits per heavy atom. The van der Waals surface area contributed by atoms with Crippen LogP contribution in [0, 0.1) is 0 Å². The topological polar surface area (TPSA) is 35.5 Å². The molecule has 1 aliphatic rings. The first-order chi connectivity index (χ1) is 9.71. The maximum Gasteiger partial charge on any atom is 0.161 e. The van der Waals surface area contributed by atoms with Crippen LogP contribution in [0.15, 0.2) is 35.7 Å². The molecule has 0 bridgehead atoms. The zero-order valence-corrected chi connectivity index (χ0v) is 12.1. The lowest BCUT2D eigenvalue weighted by molar-refractivity contribution is -0.112. The molecule has 2 heterocycles. The third kappa shape index (κ3) is 2.43. The molecule has 0 spiro atoms. The molecule has 1 aromatic carbocycles. The number of rotatable bonds is 4. The average Bonchev–Trinajstić information content (AvgIpc) is 3.02. The molecule has 0 amide bonds. The molecular formula is C16H16O3S. The van der Waals surface area contributed by atoms with Crippen molar-refractivity contribution in [3.8, 4) is 11.5 Å². The molecule has 20 heavy (non-hydrogen) atoms. The second-order valence-electron chi connectivity index (χ2n) is 5.17. The van der Waals surface area contributed by atoms with Crippen LogP contribution in [0.5, 0.6) is 11.5 Å². The molecule has 3 rings (SSSR count). The molecule has 0 N–H and O–H groups in total. The molecule has 4 heteroatoms. The van der Waals surface area contributed by atoms with Gasteiger partial charge in [-0.25, -0.2) is 0 Å². The first-order valence-electron chi connectivity index (χ1n) is 6.60. The highest BCUT2D eigenvalue weighted by molar-refractivity contribution is 7.10. The molecule has 2 aromatic rings. The zero-order valence-electron chi connectivity index (χ0n) is 11.3. The Hall–Kier alpha value is -1.81. The van der Waals surface area contributed by atoms with Crippen LogP contribution in [-0.4, -0.2) is 19.5 Å². The largest absolute Gasteiger partial charge is 0.486 e. The number of carbonyl (C=O) groups is 1. The van der Waals surface area contributed by atoms with E-state index in [4.69, 9.17) is 9.47 Å². The second kappa shape index (κ2) is 5.29. The quantitative estimate of drug-likeness (QED) is 0.810. The summed E-state index contributed by atoms with van der Waals surface area (Å²) in [6.07, 6.45) is 1.70. The molecule has 0 saturated heterocycles. The van der Waals surface area contributed by atoms with Crippen LogP contribution < -0.4 is 9.47 Å². The Morgan fingerprint density at radius 1 is 1.25 bits per heavy atom. The van der Waals surface area contributed by atoms with Gasteiger partial charge in [-0.15, -0.1) is 11.3 Å². The van der Waals surface area contributed by atoms with Crippen molar-refractivity contribution < 1.29 is 14.3 Å². The van der Waals surface area contributed by atoms with E-state index in [0.717, 1.165) is 28.2 Å². The van der Waals surface area contributed by atoms with Gasteiger partial charge in [0.2, 0.25) is 0 Å². The van der Waals surface area contributed by atoms with Crippen LogP contribution in [0.2, 0.25) is 0 Å². The highest BCUT2D eigenvalue weighted by Gasteiger charge is 2.28. The fourth-order valence-corrected chi connectivity index (χ4v) is 3.26. The van der Waals surface area contributed by atoms with E-state index in [1.54, 1.807) is 11.3 Å². The van der Waals surface area contributed by atoms with Gasteiger partial charge < -0.3 is 14.3 Å². The van der Waals surface area contributed by atoms with E-state index in [2.05, 4.69) is 0 Å². The summed E-state index contributed by atoms with van der Waals surface area (Å²) in [5.41, 5.74) is 0.593. The maximum atomic E-state index is 11.6. The van der Waals surface area contributed by atoms with Crippen LogP contribution in [-0.2, 0) is 16.6 Å². The van der Waals surface area contributed by atoms with E-state index < -0.39 is 5.41 Å². The Bertz CT molecular complexity index is 606. The van der Waals surface area contributed by atoms with Gasteiger partial charge in [0.15, 0.2) is 11.5 Å². The molecule has 1 aliphatic heterocycles. The molecular weight excluding hydrogens is 272 g/mol. The van der Waals surface area contributed by atoms with Crippen LogP contribution in [0.4, 0.5) is 0 Å². The number of hydrogen-bond donors (Lipinski definition) is 0.